The summed E-state index contributed by atoms with van der Waals surface area (Å²) in [4.78, 5) is 0. The van der Waals surface area contributed by atoms with Gasteiger partial charge in [-0.1, -0.05) is 43.3 Å². The maximum absolute atomic E-state index is 6.12. The van der Waals surface area contributed by atoms with E-state index in [0.29, 0.717) is 5.92 Å². The Morgan fingerprint density at radius 3 is 2.86 bits per heavy atom. The van der Waals surface area contributed by atoms with Gasteiger partial charge in [0.15, 0.2) is 0 Å². The second-order valence-corrected chi connectivity index (χ2v) is 6.00. The highest BCUT2D eigenvalue weighted by Crippen LogP contribution is 2.34. The summed E-state index contributed by atoms with van der Waals surface area (Å²) in [6.45, 7) is 5.26. The molecular weight excluding hydrogens is 258 g/mol. The van der Waals surface area contributed by atoms with Gasteiger partial charge in [0.25, 0.3) is 0 Å². The first kappa shape index (κ1) is 14.6. The fraction of sp³-hybridized carbons (Fsp3) is 0.474. The van der Waals surface area contributed by atoms with Gasteiger partial charge in [0.2, 0.25) is 0 Å². The van der Waals surface area contributed by atoms with Gasteiger partial charge < -0.3 is 10.1 Å². The highest BCUT2D eigenvalue weighted by atomic mass is 16.5. The predicted molar refractivity (Wildman–Crippen MR) is 88.5 cm³/mol. The number of hydrogen-bond donors (Lipinski definition) is 1. The van der Waals surface area contributed by atoms with Crippen LogP contribution in [0.25, 0.3) is 10.8 Å². The van der Waals surface area contributed by atoms with Crippen LogP contribution in [-0.2, 0) is 4.74 Å². The molecule has 0 spiro atoms. The summed E-state index contributed by atoms with van der Waals surface area (Å²) in [6.07, 6.45) is 3.87. The first-order valence-corrected chi connectivity index (χ1v) is 8.19. The Kier molecular flexibility index (Phi) is 4.89. The average Bonchev–Trinajstić information content (AvgIpc) is 2.55. The lowest BCUT2D eigenvalue weighted by atomic mass is 9.88. The number of ether oxygens (including phenoxy) is 1. The maximum atomic E-state index is 6.12. The van der Waals surface area contributed by atoms with E-state index in [1.165, 1.54) is 35.6 Å². The zero-order valence-corrected chi connectivity index (χ0v) is 12.8. The Morgan fingerprint density at radius 2 is 2.00 bits per heavy atom. The molecule has 2 aromatic rings. The van der Waals surface area contributed by atoms with Gasteiger partial charge in [-0.2, -0.15) is 0 Å². The van der Waals surface area contributed by atoms with Crippen LogP contribution in [0.4, 0.5) is 0 Å². The van der Waals surface area contributed by atoms with E-state index in [1.807, 2.05) is 0 Å². The van der Waals surface area contributed by atoms with Crippen LogP contribution in [0.2, 0.25) is 0 Å². The van der Waals surface area contributed by atoms with Gasteiger partial charge in [-0.25, -0.2) is 0 Å². The van der Waals surface area contributed by atoms with Crippen LogP contribution < -0.4 is 5.32 Å². The third-order valence-electron chi connectivity index (χ3n) is 4.38. The van der Waals surface area contributed by atoms with Crippen molar-refractivity contribution in [3.8, 4) is 0 Å². The lowest BCUT2D eigenvalue weighted by molar-refractivity contribution is -0.0276. The molecule has 1 heterocycles. The second kappa shape index (κ2) is 7.06. The van der Waals surface area contributed by atoms with Crippen LogP contribution in [0.15, 0.2) is 42.5 Å². The molecule has 112 valence electrons. The van der Waals surface area contributed by atoms with Gasteiger partial charge >= 0.3 is 0 Å². The zero-order valence-electron chi connectivity index (χ0n) is 12.8. The normalized spacial score (nSPS) is 22.5. The standard InChI is InChI=1S/C19H25NO/c1-2-11-20-14-18-8-5-12-21-19(18)17-10-9-15-6-3-4-7-16(15)13-17/h3-4,6-7,9-10,13,18-20H,2,5,8,11-12,14H2,1H3. The molecular formula is C19H25NO. The maximum Gasteiger partial charge on any atom is 0.0865 e. The fourth-order valence-electron chi connectivity index (χ4n) is 3.27. The van der Waals surface area contributed by atoms with Gasteiger partial charge in [-0.05, 0) is 48.2 Å². The predicted octanol–water partition coefficient (Wildman–Crippen LogP) is 4.31. The number of hydrogen-bond acceptors (Lipinski definition) is 2. The minimum Gasteiger partial charge on any atom is -0.373 e. The molecule has 0 aromatic heterocycles. The lowest BCUT2D eigenvalue weighted by Crippen LogP contribution is -2.32. The molecule has 0 aliphatic carbocycles. The molecule has 0 amide bonds. The SMILES string of the molecule is CCCNCC1CCCOC1c1ccc2ccccc2c1. The number of benzene rings is 2. The molecule has 1 aliphatic rings. The van der Waals surface area contributed by atoms with Crippen LogP contribution in [0.3, 0.4) is 0 Å². The molecule has 1 fully saturated rings. The Bertz CT molecular complexity index is 581. The summed E-state index contributed by atoms with van der Waals surface area (Å²) in [7, 11) is 0. The number of fused-ring (bicyclic) bond motifs is 1. The molecule has 21 heavy (non-hydrogen) atoms. The molecule has 1 N–H and O–H groups in total. The van der Waals surface area contributed by atoms with Crippen LogP contribution in [-0.4, -0.2) is 19.7 Å². The summed E-state index contributed by atoms with van der Waals surface area (Å²) in [6, 6.07) is 15.3. The highest BCUT2D eigenvalue weighted by Gasteiger charge is 2.27. The van der Waals surface area contributed by atoms with Crippen LogP contribution in [0.1, 0.15) is 37.9 Å². The molecule has 2 heteroatoms. The van der Waals surface area contributed by atoms with E-state index in [-0.39, 0.29) is 6.10 Å². The molecule has 2 nitrogen and oxygen atoms in total. The third-order valence-corrected chi connectivity index (χ3v) is 4.38. The Morgan fingerprint density at radius 1 is 1.14 bits per heavy atom. The van der Waals surface area contributed by atoms with Crippen molar-refractivity contribution in [3.05, 3.63) is 48.0 Å². The van der Waals surface area contributed by atoms with E-state index in [2.05, 4.69) is 54.7 Å². The van der Waals surface area contributed by atoms with Crippen LogP contribution in [0, 0.1) is 5.92 Å². The number of nitrogens with one attached hydrogen (secondary N) is 1. The molecule has 0 radical (unpaired) electrons. The molecule has 1 aliphatic heterocycles. The van der Waals surface area contributed by atoms with Gasteiger partial charge in [0.1, 0.15) is 0 Å². The van der Waals surface area contributed by atoms with Crippen LogP contribution in [0.5, 0.6) is 0 Å². The van der Waals surface area contributed by atoms with E-state index in [0.717, 1.165) is 19.7 Å². The quantitative estimate of drug-likeness (QED) is 0.826. The van der Waals surface area contributed by atoms with Gasteiger partial charge in [-0.15, -0.1) is 0 Å². The van der Waals surface area contributed by atoms with Crippen molar-refractivity contribution in [1.29, 1.82) is 0 Å². The highest BCUT2D eigenvalue weighted by molar-refractivity contribution is 5.83. The summed E-state index contributed by atoms with van der Waals surface area (Å²) >= 11 is 0. The minimum atomic E-state index is 0.243. The summed E-state index contributed by atoms with van der Waals surface area (Å²) in [5, 5.41) is 6.17. The summed E-state index contributed by atoms with van der Waals surface area (Å²) in [5.74, 6) is 0.589. The molecule has 0 saturated carbocycles. The molecule has 2 atom stereocenters. The van der Waals surface area contributed by atoms with Crippen molar-refractivity contribution in [2.45, 2.75) is 32.3 Å². The van der Waals surface area contributed by atoms with E-state index >= 15 is 0 Å². The van der Waals surface area contributed by atoms with E-state index < -0.39 is 0 Å². The van der Waals surface area contributed by atoms with Crippen molar-refractivity contribution >= 4 is 10.8 Å². The minimum absolute atomic E-state index is 0.243. The van der Waals surface area contributed by atoms with E-state index in [9.17, 15) is 0 Å². The largest absolute Gasteiger partial charge is 0.373 e. The molecule has 0 bridgehead atoms. The smallest absolute Gasteiger partial charge is 0.0865 e. The fourth-order valence-corrected chi connectivity index (χ4v) is 3.27. The van der Waals surface area contributed by atoms with E-state index in [4.69, 9.17) is 4.74 Å². The molecule has 1 saturated heterocycles. The summed E-state index contributed by atoms with van der Waals surface area (Å²) in [5.41, 5.74) is 1.33. The molecule has 2 aromatic carbocycles. The third kappa shape index (κ3) is 3.45. The molecule has 3 rings (SSSR count). The average molecular weight is 283 g/mol. The zero-order chi connectivity index (χ0) is 14.5. The van der Waals surface area contributed by atoms with Gasteiger partial charge in [0, 0.05) is 19.1 Å². The topological polar surface area (TPSA) is 21.3 Å². The van der Waals surface area contributed by atoms with Crippen molar-refractivity contribution in [2.75, 3.05) is 19.7 Å². The van der Waals surface area contributed by atoms with Gasteiger partial charge in [-0.3, -0.25) is 0 Å². The van der Waals surface area contributed by atoms with Crippen molar-refractivity contribution < 1.29 is 4.74 Å². The first-order chi connectivity index (χ1) is 10.4. The van der Waals surface area contributed by atoms with E-state index in [1.54, 1.807) is 0 Å². The monoisotopic (exact) mass is 283 g/mol. The Balaban J connectivity index is 1.80. The Labute approximate surface area is 127 Å². The second-order valence-electron chi connectivity index (χ2n) is 6.00. The van der Waals surface area contributed by atoms with Gasteiger partial charge in [0.05, 0.1) is 6.10 Å². The first-order valence-electron chi connectivity index (χ1n) is 8.19. The number of rotatable bonds is 5. The lowest BCUT2D eigenvalue weighted by Gasteiger charge is -2.32. The molecule has 2 unspecified atom stereocenters. The Hall–Kier alpha value is -1.38. The van der Waals surface area contributed by atoms with Crippen molar-refractivity contribution in [2.24, 2.45) is 5.92 Å². The summed E-state index contributed by atoms with van der Waals surface area (Å²) < 4.78 is 6.12. The van der Waals surface area contributed by atoms with Crippen LogP contribution >= 0.6 is 0 Å². The van der Waals surface area contributed by atoms with Crippen molar-refractivity contribution in [3.63, 3.8) is 0 Å². The van der Waals surface area contributed by atoms with Crippen molar-refractivity contribution in [1.82, 2.24) is 5.32 Å².